The van der Waals surface area contributed by atoms with E-state index in [1.54, 1.807) is 6.92 Å². The maximum atomic E-state index is 12.2. The van der Waals surface area contributed by atoms with Gasteiger partial charge < -0.3 is 10.1 Å². The molecule has 0 spiro atoms. The highest BCUT2D eigenvalue weighted by Crippen LogP contribution is 2.27. The van der Waals surface area contributed by atoms with Crippen molar-refractivity contribution in [3.8, 4) is 11.1 Å². The Bertz CT molecular complexity index is 667. The van der Waals surface area contributed by atoms with E-state index in [0.717, 1.165) is 11.1 Å². The Hall–Kier alpha value is -2.62. The van der Waals surface area contributed by atoms with Crippen molar-refractivity contribution < 1.29 is 14.3 Å². The molecule has 2 aromatic carbocycles. The van der Waals surface area contributed by atoms with E-state index in [0.29, 0.717) is 18.5 Å². The van der Waals surface area contributed by atoms with Crippen LogP contribution in [0.4, 0.5) is 5.69 Å². The minimum atomic E-state index is -0.821. The first-order chi connectivity index (χ1) is 11.1. The van der Waals surface area contributed by atoms with Crippen LogP contribution in [0, 0.1) is 0 Å². The average Bonchev–Trinajstić information content (AvgIpc) is 2.56. The lowest BCUT2D eigenvalue weighted by Gasteiger charge is -2.15. The smallest absolute Gasteiger partial charge is 0.306 e. The number of esters is 1. The highest BCUT2D eigenvalue weighted by molar-refractivity contribution is 5.98. The number of nitrogens with one attached hydrogen (secondary N) is 1. The number of carbonyl (C=O) groups excluding carboxylic acids is 2. The molecule has 0 saturated carbocycles. The zero-order valence-electron chi connectivity index (χ0n) is 13.4. The molecule has 0 bridgehead atoms. The van der Waals surface area contributed by atoms with Crippen molar-refractivity contribution in [3.63, 3.8) is 0 Å². The van der Waals surface area contributed by atoms with Gasteiger partial charge in [-0.2, -0.15) is 0 Å². The Morgan fingerprint density at radius 3 is 2.39 bits per heavy atom. The normalized spacial score (nSPS) is 11.6. The highest BCUT2D eigenvalue weighted by atomic mass is 16.5. The number of anilines is 1. The SMILES string of the molecule is CCCC(=O)O[C@H](C)C(=O)Nc1ccccc1-c1ccccc1. The standard InChI is InChI=1S/C19H21NO3/c1-3-9-18(21)23-14(2)19(22)20-17-13-8-7-12-16(17)15-10-5-4-6-11-15/h4-8,10-14H,3,9H2,1-2H3,(H,20,22)/t14-/m1/s1. The second-order valence-electron chi connectivity index (χ2n) is 5.28. The Kier molecular flexibility index (Phi) is 5.92. The summed E-state index contributed by atoms with van der Waals surface area (Å²) in [4.78, 5) is 23.7. The lowest BCUT2D eigenvalue weighted by molar-refractivity contribution is -0.153. The quantitative estimate of drug-likeness (QED) is 0.820. The zero-order chi connectivity index (χ0) is 16.7. The molecule has 23 heavy (non-hydrogen) atoms. The number of hydrogen-bond donors (Lipinski definition) is 1. The van der Waals surface area contributed by atoms with E-state index < -0.39 is 6.10 Å². The minimum Gasteiger partial charge on any atom is -0.453 e. The van der Waals surface area contributed by atoms with Crippen LogP contribution >= 0.6 is 0 Å². The summed E-state index contributed by atoms with van der Waals surface area (Å²) in [7, 11) is 0. The van der Waals surface area contributed by atoms with Crippen LogP contribution in [0.2, 0.25) is 0 Å². The number of ether oxygens (including phenoxy) is 1. The van der Waals surface area contributed by atoms with Crippen molar-refractivity contribution in [2.75, 3.05) is 5.32 Å². The van der Waals surface area contributed by atoms with Crippen LogP contribution in [0.25, 0.3) is 11.1 Å². The van der Waals surface area contributed by atoms with Gasteiger partial charge in [0.1, 0.15) is 0 Å². The molecule has 0 heterocycles. The number of rotatable bonds is 6. The molecule has 1 amide bonds. The van der Waals surface area contributed by atoms with Crippen LogP contribution in [0.5, 0.6) is 0 Å². The minimum absolute atomic E-state index is 0.318. The van der Waals surface area contributed by atoms with Crippen molar-refractivity contribution in [2.24, 2.45) is 0 Å². The van der Waals surface area contributed by atoms with E-state index in [-0.39, 0.29) is 11.9 Å². The molecule has 4 heteroatoms. The first-order valence-corrected chi connectivity index (χ1v) is 7.76. The van der Waals surface area contributed by atoms with Crippen molar-refractivity contribution in [3.05, 3.63) is 54.6 Å². The number of carbonyl (C=O) groups is 2. The zero-order valence-corrected chi connectivity index (χ0v) is 13.4. The molecule has 4 nitrogen and oxygen atoms in total. The molecule has 2 rings (SSSR count). The lowest BCUT2D eigenvalue weighted by Crippen LogP contribution is -2.30. The first kappa shape index (κ1) is 16.7. The predicted octanol–water partition coefficient (Wildman–Crippen LogP) is 4.02. The lowest BCUT2D eigenvalue weighted by atomic mass is 10.0. The van der Waals surface area contributed by atoms with Crippen LogP contribution in [-0.2, 0) is 14.3 Å². The molecule has 0 aliphatic carbocycles. The third-order valence-corrected chi connectivity index (χ3v) is 3.40. The predicted molar refractivity (Wildman–Crippen MR) is 91.0 cm³/mol. The Morgan fingerprint density at radius 2 is 1.70 bits per heavy atom. The maximum Gasteiger partial charge on any atom is 0.306 e. The van der Waals surface area contributed by atoms with E-state index in [1.165, 1.54) is 0 Å². The van der Waals surface area contributed by atoms with Crippen molar-refractivity contribution in [1.29, 1.82) is 0 Å². The van der Waals surface area contributed by atoms with Gasteiger partial charge in [-0.3, -0.25) is 9.59 Å². The summed E-state index contributed by atoms with van der Waals surface area (Å²) >= 11 is 0. The van der Waals surface area contributed by atoms with E-state index in [9.17, 15) is 9.59 Å². The van der Waals surface area contributed by atoms with Gasteiger partial charge in [0.05, 0.1) is 0 Å². The van der Waals surface area contributed by atoms with Gasteiger partial charge in [-0.25, -0.2) is 0 Å². The highest BCUT2D eigenvalue weighted by Gasteiger charge is 2.18. The fourth-order valence-corrected chi connectivity index (χ4v) is 2.21. The number of hydrogen-bond acceptors (Lipinski definition) is 3. The molecule has 0 aliphatic rings. The van der Waals surface area contributed by atoms with Crippen LogP contribution in [0.15, 0.2) is 54.6 Å². The number of para-hydroxylation sites is 1. The molecule has 0 unspecified atom stereocenters. The third kappa shape index (κ3) is 4.68. The van der Waals surface area contributed by atoms with Gasteiger partial charge in [0.15, 0.2) is 6.10 Å². The molecule has 0 aliphatic heterocycles. The summed E-state index contributed by atoms with van der Waals surface area (Å²) in [5, 5.41) is 2.84. The largest absolute Gasteiger partial charge is 0.453 e. The third-order valence-electron chi connectivity index (χ3n) is 3.40. The second-order valence-corrected chi connectivity index (χ2v) is 5.28. The van der Waals surface area contributed by atoms with Crippen molar-refractivity contribution >= 4 is 17.6 Å². The van der Waals surface area contributed by atoms with E-state index in [1.807, 2.05) is 61.5 Å². The summed E-state index contributed by atoms with van der Waals surface area (Å²) in [5.41, 5.74) is 2.63. The fraction of sp³-hybridized carbons (Fsp3) is 0.263. The maximum absolute atomic E-state index is 12.2. The summed E-state index contributed by atoms with van der Waals surface area (Å²) in [6.07, 6.45) is 0.195. The van der Waals surface area contributed by atoms with Crippen molar-refractivity contribution in [1.82, 2.24) is 0 Å². The molecule has 2 aromatic rings. The summed E-state index contributed by atoms with van der Waals surface area (Å²) in [6, 6.07) is 17.4. The average molecular weight is 311 g/mol. The molecule has 0 radical (unpaired) electrons. The Balaban J connectivity index is 2.11. The van der Waals surface area contributed by atoms with E-state index in [4.69, 9.17) is 4.74 Å². The fourth-order valence-electron chi connectivity index (χ4n) is 2.21. The van der Waals surface area contributed by atoms with Crippen molar-refractivity contribution in [2.45, 2.75) is 32.8 Å². The molecule has 0 fully saturated rings. The molecular formula is C19H21NO3. The molecule has 0 aromatic heterocycles. The number of benzene rings is 2. The van der Waals surface area contributed by atoms with E-state index in [2.05, 4.69) is 5.32 Å². The molecular weight excluding hydrogens is 290 g/mol. The Morgan fingerprint density at radius 1 is 1.04 bits per heavy atom. The molecule has 1 N–H and O–H groups in total. The number of amides is 1. The van der Waals surface area contributed by atoms with Gasteiger partial charge in [-0.05, 0) is 25.0 Å². The van der Waals surface area contributed by atoms with Crippen LogP contribution in [0.1, 0.15) is 26.7 Å². The topological polar surface area (TPSA) is 55.4 Å². The van der Waals surface area contributed by atoms with Gasteiger partial charge in [0.2, 0.25) is 0 Å². The van der Waals surface area contributed by atoms with Crippen LogP contribution in [0.3, 0.4) is 0 Å². The summed E-state index contributed by atoms with van der Waals surface area (Å²) < 4.78 is 5.12. The van der Waals surface area contributed by atoms with Crippen LogP contribution in [-0.4, -0.2) is 18.0 Å². The van der Waals surface area contributed by atoms with Gasteiger partial charge >= 0.3 is 5.97 Å². The van der Waals surface area contributed by atoms with Gasteiger partial charge in [0.25, 0.3) is 5.91 Å². The second kappa shape index (κ2) is 8.13. The van der Waals surface area contributed by atoms with E-state index >= 15 is 0 Å². The monoisotopic (exact) mass is 311 g/mol. The summed E-state index contributed by atoms with van der Waals surface area (Å²) in [6.45, 7) is 3.47. The molecule has 120 valence electrons. The van der Waals surface area contributed by atoms with Gasteiger partial charge in [-0.15, -0.1) is 0 Å². The van der Waals surface area contributed by atoms with Gasteiger partial charge in [0, 0.05) is 17.7 Å². The molecule has 1 atom stereocenters. The van der Waals surface area contributed by atoms with Crippen LogP contribution < -0.4 is 5.32 Å². The van der Waals surface area contributed by atoms with Gasteiger partial charge in [-0.1, -0.05) is 55.5 Å². The first-order valence-electron chi connectivity index (χ1n) is 7.76. The molecule has 0 saturated heterocycles. The Labute approximate surface area is 136 Å². The summed E-state index contributed by atoms with van der Waals surface area (Å²) in [5.74, 6) is -0.690.